The predicted molar refractivity (Wildman–Crippen MR) is 46.3 cm³/mol. The third-order valence-corrected chi connectivity index (χ3v) is 1.49. The summed E-state index contributed by atoms with van der Waals surface area (Å²) in [6.45, 7) is 2.88. The highest BCUT2D eigenvalue weighted by Gasteiger charge is 1.92. The highest BCUT2D eigenvalue weighted by molar-refractivity contribution is 5.50. The van der Waals surface area contributed by atoms with Gasteiger partial charge in [0, 0.05) is 18.3 Å². The van der Waals surface area contributed by atoms with Crippen LogP contribution in [0.1, 0.15) is 11.3 Å². The molecular weight excluding hydrogens is 138 g/mol. The second-order valence-electron chi connectivity index (χ2n) is 2.39. The van der Waals surface area contributed by atoms with Crippen LogP contribution in [0.25, 0.3) is 6.08 Å². The van der Waals surface area contributed by atoms with Gasteiger partial charge in [0.05, 0.1) is 5.69 Å². The van der Waals surface area contributed by atoms with Crippen LogP contribution in [-0.4, -0.2) is 23.8 Å². The molecule has 11 heavy (non-hydrogen) atoms. The van der Waals surface area contributed by atoms with Crippen LogP contribution in [0.4, 0.5) is 0 Å². The predicted octanol–water partition coefficient (Wildman–Crippen LogP) is 0.951. The van der Waals surface area contributed by atoms with Crippen molar-refractivity contribution in [2.24, 2.45) is 0 Å². The molecule has 1 aromatic heterocycles. The van der Waals surface area contributed by atoms with E-state index in [9.17, 15) is 0 Å². The molecule has 0 aliphatic carbocycles. The van der Waals surface area contributed by atoms with Gasteiger partial charge in [0.15, 0.2) is 0 Å². The van der Waals surface area contributed by atoms with Crippen LogP contribution >= 0.6 is 0 Å². The van der Waals surface area contributed by atoms with E-state index in [1.807, 2.05) is 20.2 Å². The van der Waals surface area contributed by atoms with E-state index < -0.39 is 0 Å². The number of aryl methyl sites for hydroxylation is 1. The lowest BCUT2D eigenvalue weighted by Crippen LogP contribution is -2.03. The molecule has 0 amide bonds. The molecule has 60 valence electrons. The number of nitrogens with one attached hydrogen (secondary N) is 2. The fourth-order valence-electron chi connectivity index (χ4n) is 0.840. The first-order chi connectivity index (χ1) is 5.34. The van der Waals surface area contributed by atoms with Crippen molar-refractivity contribution in [3.8, 4) is 0 Å². The van der Waals surface area contributed by atoms with Gasteiger partial charge in [-0.1, -0.05) is 12.2 Å². The van der Waals surface area contributed by atoms with Crippen molar-refractivity contribution in [3.63, 3.8) is 0 Å². The van der Waals surface area contributed by atoms with Crippen molar-refractivity contribution in [2.45, 2.75) is 6.92 Å². The molecule has 0 saturated heterocycles. The van der Waals surface area contributed by atoms with E-state index in [1.54, 1.807) is 0 Å². The van der Waals surface area contributed by atoms with Crippen molar-refractivity contribution in [1.29, 1.82) is 0 Å². The molecule has 3 nitrogen and oxygen atoms in total. The Balaban J connectivity index is 2.56. The van der Waals surface area contributed by atoms with Gasteiger partial charge in [-0.05, 0) is 14.0 Å². The first-order valence-electron chi connectivity index (χ1n) is 3.66. The maximum Gasteiger partial charge on any atom is 0.0663 e. The molecule has 0 aliphatic rings. The molecule has 1 rings (SSSR count). The Kier molecular flexibility index (Phi) is 2.86. The molecule has 0 bridgehead atoms. The molecule has 0 atom stereocenters. The molecular formula is C8H13N3. The maximum absolute atomic E-state index is 4.00. The number of hydrogen-bond acceptors (Lipinski definition) is 2. The number of nitrogens with zero attached hydrogens (tertiary/aromatic N) is 1. The Morgan fingerprint density at radius 3 is 3.09 bits per heavy atom. The lowest BCUT2D eigenvalue weighted by Gasteiger charge is -1.88. The van der Waals surface area contributed by atoms with Crippen LogP contribution in [0.15, 0.2) is 12.3 Å². The summed E-state index contributed by atoms with van der Waals surface area (Å²) >= 11 is 0. The number of rotatable bonds is 3. The number of aromatic nitrogens is 2. The van der Waals surface area contributed by atoms with Gasteiger partial charge < -0.3 is 5.32 Å². The van der Waals surface area contributed by atoms with E-state index in [1.165, 1.54) is 0 Å². The highest BCUT2D eigenvalue weighted by atomic mass is 15.1. The summed E-state index contributed by atoms with van der Waals surface area (Å²) < 4.78 is 0. The second kappa shape index (κ2) is 3.93. The summed E-state index contributed by atoms with van der Waals surface area (Å²) in [6.07, 6.45) is 6.01. The smallest absolute Gasteiger partial charge is 0.0663 e. The standard InChI is InChI=1S/C8H13N3/c1-7-8(6-10-11-7)4-3-5-9-2/h3-4,6,9H,5H2,1-2H3,(H,10,11). The van der Waals surface area contributed by atoms with Gasteiger partial charge in [0.2, 0.25) is 0 Å². The van der Waals surface area contributed by atoms with Crippen molar-refractivity contribution in [3.05, 3.63) is 23.5 Å². The summed E-state index contributed by atoms with van der Waals surface area (Å²) in [5, 5.41) is 9.83. The van der Waals surface area contributed by atoms with E-state index in [-0.39, 0.29) is 0 Å². The van der Waals surface area contributed by atoms with Gasteiger partial charge in [-0.3, -0.25) is 5.10 Å². The third kappa shape index (κ3) is 2.20. The zero-order valence-corrected chi connectivity index (χ0v) is 6.89. The highest BCUT2D eigenvalue weighted by Crippen LogP contribution is 2.03. The van der Waals surface area contributed by atoms with Crippen LogP contribution in [0.3, 0.4) is 0 Å². The third-order valence-electron chi connectivity index (χ3n) is 1.49. The lowest BCUT2D eigenvalue weighted by molar-refractivity contribution is 0.922. The van der Waals surface area contributed by atoms with Crippen LogP contribution in [0.2, 0.25) is 0 Å². The molecule has 1 aromatic rings. The summed E-state index contributed by atoms with van der Waals surface area (Å²) in [7, 11) is 1.92. The van der Waals surface area contributed by atoms with E-state index in [0.29, 0.717) is 0 Å². The molecule has 0 saturated carbocycles. The van der Waals surface area contributed by atoms with Crippen LogP contribution in [-0.2, 0) is 0 Å². The Hall–Kier alpha value is -1.09. The fraction of sp³-hybridized carbons (Fsp3) is 0.375. The molecule has 0 aliphatic heterocycles. The van der Waals surface area contributed by atoms with E-state index in [2.05, 4.69) is 27.7 Å². The van der Waals surface area contributed by atoms with Crippen molar-refractivity contribution in [2.75, 3.05) is 13.6 Å². The zero-order valence-electron chi connectivity index (χ0n) is 6.89. The first kappa shape index (κ1) is 8.01. The van der Waals surface area contributed by atoms with Crippen molar-refractivity contribution >= 4 is 6.08 Å². The fourth-order valence-corrected chi connectivity index (χ4v) is 0.840. The molecule has 3 heteroatoms. The number of likely N-dealkylation sites (N-methyl/N-ethyl adjacent to an activating group) is 1. The Morgan fingerprint density at radius 2 is 2.55 bits per heavy atom. The van der Waals surface area contributed by atoms with E-state index >= 15 is 0 Å². The van der Waals surface area contributed by atoms with Crippen molar-refractivity contribution < 1.29 is 0 Å². The van der Waals surface area contributed by atoms with Gasteiger partial charge in [-0.15, -0.1) is 0 Å². The van der Waals surface area contributed by atoms with Crippen LogP contribution < -0.4 is 5.32 Å². The largest absolute Gasteiger partial charge is 0.316 e. The molecule has 0 radical (unpaired) electrons. The Labute approximate surface area is 66.5 Å². The zero-order chi connectivity index (χ0) is 8.10. The summed E-state index contributed by atoms with van der Waals surface area (Å²) in [4.78, 5) is 0. The van der Waals surface area contributed by atoms with Crippen molar-refractivity contribution in [1.82, 2.24) is 15.5 Å². The van der Waals surface area contributed by atoms with E-state index in [0.717, 1.165) is 17.8 Å². The number of aromatic amines is 1. The minimum atomic E-state index is 0.893. The molecule has 0 fully saturated rings. The molecule has 1 heterocycles. The number of hydrogen-bond donors (Lipinski definition) is 2. The van der Waals surface area contributed by atoms with Gasteiger partial charge in [-0.2, -0.15) is 5.10 Å². The Morgan fingerprint density at radius 1 is 1.73 bits per heavy atom. The van der Waals surface area contributed by atoms with Gasteiger partial charge in [0.1, 0.15) is 0 Å². The summed E-state index contributed by atoms with van der Waals surface area (Å²) in [6, 6.07) is 0. The van der Waals surface area contributed by atoms with Crippen LogP contribution in [0.5, 0.6) is 0 Å². The van der Waals surface area contributed by atoms with Gasteiger partial charge in [-0.25, -0.2) is 0 Å². The Bertz CT molecular complexity index is 237. The first-order valence-corrected chi connectivity index (χ1v) is 3.66. The number of H-pyrrole nitrogens is 1. The summed E-state index contributed by atoms with van der Waals surface area (Å²) in [5.74, 6) is 0. The molecule has 0 spiro atoms. The minimum absolute atomic E-state index is 0.893. The topological polar surface area (TPSA) is 40.7 Å². The SMILES string of the molecule is CNCC=Cc1c[nH]nc1C. The maximum atomic E-state index is 4.00. The van der Waals surface area contributed by atoms with Gasteiger partial charge in [0.25, 0.3) is 0 Å². The average Bonchev–Trinajstić information content (AvgIpc) is 2.37. The normalized spacial score (nSPS) is 11.1. The lowest BCUT2D eigenvalue weighted by atomic mass is 10.2. The molecule has 0 aromatic carbocycles. The molecule has 0 unspecified atom stereocenters. The monoisotopic (exact) mass is 151 g/mol. The average molecular weight is 151 g/mol. The molecule has 2 N–H and O–H groups in total. The second-order valence-corrected chi connectivity index (χ2v) is 2.39. The summed E-state index contributed by atoms with van der Waals surface area (Å²) in [5.41, 5.74) is 2.19. The quantitative estimate of drug-likeness (QED) is 0.675. The van der Waals surface area contributed by atoms with Gasteiger partial charge >= 0.3 is 0 Å². The van der Waals surface area contributed by atoms with E-state index in [4.69, 9.17) is 0 Å². The van der Waals surface area contributed by atoms with Crippen LogP contribution in [0, 0.1) is 6.92 Å². The minimum Gasteiger partial charge on any atom is -0.316 e.